The van der Waals surface area contributed by atoms with Crippen molar-refractivity contribution in [3.8, 4) is 11.6 Å². The number of aromatic nitrogens is 4. The zero-order valence-electron chi connectivity index (χ0n) is 12.8. The number of benzene rings is 2. The molecule has 0 fully saturated rings. The molecule has 120 valence electrons. The van der Waals surface area contributed by atoms with Gasteiger partial charge >= 0.3 is 0 Å². The van der Waals surface area contributed by atoms with Crippen molar-refractivity contribution in [2.75, 3.05) is 4.72 Å². The van der Waals surface area contributed by atoms with Crippen molar-refractivity contribution in [3.05, 3.63) is 59.9 Å². The van der Waals surface area contributed by atoms with Crippen LogP contribution >= 0.6 is 23.5 Å². The SMILES string of the molecule is Cn1ccnc1-c1nc2ccc(SNc3ccccc3Cl)cc2[nH]1. The van der Waals surface area contributed by atoms with Gasteiger partial charge in [-0.1, -0.05) is 23.7 Å². The van der Waals surface area contributed by atoms with E-state index in [1.54, 1.807) is 6.20 Å². The Morgan fingerprint density at radius 1 is 1.21 bits per heavy atom. The van der Waals surface area contributed by atoms with Gasteiger partial charge in [0.1, 0.15) is 0 Å². The quantitative estimate of drug-likeness (QED) is 0.519. The molecule has 24 heavy (non-hydrogen) atoms. The molecule has 0 atom stereocenters. The third-order valence-corrected chi connectivity index (χ3v) is 4.78. The largest absolute Gasteiger partial charge is 0.335 e. The van der Waals surface area contributed by atoms with E-state index in [9.17, 15) is 0 Å². The van der Waals surface area contributed by atoms with E-state index in [0.717, 1.165) is 33.3 Å². The molecule has 0 saturated heterocycles. The minimum absolute atomic E-state index is 0.699. The first kappa shape index (κ1) is 15.1. The van der Waals surface area contributed by atoms with Gasteiger partial charge in [0.25, 0.3) is 0 Å². The number of halogens is 1. The maximum absolute atomic E-state index is 6.16. The van der Waals surface area contributed by atoms with Crippen LogP contribution in [0, 0.1) is 0 Å². The van der Waals surface area contributed by atoms with Gasteiger partial charge in [-0.05, 0) is 42.3 Å². The van der Waals surface area contributed by atoms with Crippen molar-refractivity contribution in [2.45, 2.75) is 4.90 Å². The number of H-pyrrole nitrogens is 1. The van der Waals surface area contributed by atoms with Crippen molar-refractivity contribution in [1.29, 1.82) is 0 Å². The summed E-state index contributed by atoms with van der Waals surface area (Å²) in [6.45, 7) is 0. The highest BCUT2D eigenvalue weighted by atomic mass is 35.5. The lowest BCUT2D eigenvalue weighted by Gasteiger charge is -2.06. The molecule has 0 spiro atoms. The highest BCUT2D eigenvalue weighted by Gasteiger charge is 2.10. The molecule has 2 heterocycles. The molecule has 5 nitrogen and oxygen atoms in total. The zero-order chi connectivity index (χ0) is 16.5. The van der Waals surface area contributed by atoms with Gasteiger partial charge in [0.2, 0.25) is 0 Å². The van der Waals surface area contributed by atoms with Crippen molar-refractivity contribution >= 4 is 40.3 Å². The number of aryl methyl sites for hydroxylation is 1. The Labute approximate surface area is 148 Å². The Balaban J connectivity index is 1.59. The summed E-state index contributed by atoms with van der Waals surface area (Å²) in [5, 5.41) is 0.699. The van der Waals surface area contributed by atoms with E-state index in [-0.39, 0.29) is 0 Å². The second-order valence-corrected chi connectivity index (χ2v) is 6.60. The number of aromatic amines is 1. The molecule has 4 aromatic rings. The Hall–Kier alpha value is -2.44. The third-order valence-electron chi connectivity index (χ3n) is 3.64. The van der Waals surface area contributed by atoms with Crippen LogP contribution in [-0.4, -0.2) is 19.5 Å². The number of fused-ring (bicyclic) bond motifs is 1. The molecule has 0 unspecified atom stereocenters. The highest BCUT2D eigenvalue weighted by molar-refractivity contribution is 8.00. The van der Waals surface area contributed by atoms with Crippen LogP contribution in [0.15, 0.2) is 59.8 Å². The molecule has 0 saturated carbocycles. The summed E-state index contributed by atoms with van der Waals surface area (Å²) < 4.78 is 5.21. The molecule has 0 radical (unpaired) electrons. The molecule has 0 aliphatic carbocycles. The van der Waals surface area contributed by atoms with E-state index < -0.39 is 0 Å². The Morgan fingerprint density at radius 2 is 2.08 bits per heavy atom. The topological polar surface area (TPSA) is 58.5 Å². The fourth-order valence-electron chi connectivity index (χ4n) is 2.41. The van der Waals surface area contributed by atoms with Gasteiger partial charge in [0.15, 0.2) is 11.6 Å². The molecule has 0 amide bonds. The lowest BCUT2D eigenvalue weighted by molar-refractivity contribution is 0.913. The van der Waals surface area contributed by atoms with Crippen LogP contribution in [0.5, 0.6) is 0 Å². The van der Waals surface area contributed by atoms with Crippen LogP contribution in [0.3, 0.4) is 0 Å². The maximum Gasteiger partial charge on any atom is 0.175 e. The molecule has 0 bridgehead atoms. The highest BCUT2D eigenvalue weighted by Crippen LogP contribution is 2.29. The first-order chi connectivity index (χ1) is 11.7. The van der Waals surface area contributed by atoms with E-state index in [2.05, 4.69) is 25.7 Å². The van der Waals surface area contributed by atoms with Crippen LogP contribution in [0.2, 0.25) is 5.02 Å². The van der Waals surface area contributed by atoms with Crippen LogP contribution in [-0.2, 0) is 7.05 Å². The molecule has 7 heteroatoms. The number of nitrogens with one attached hydrogen (secondary N) is 2. The number of anilines is 1. The minimum atomic E-state index is 0.699. The van der Waals surface area contributed by atoms with Crippen LogP contribution in [0.25, 0.3) is 22.7 Å². The molecule has 2 aromatic carbocycles. The molecule has 0 aliphatic rings. The molecular formula is C17H14ClN5S. The fraction of sp³-hybridized carbons (Fsp3) is 0.0588. The Bertz CT molecular complexity index is 1010. The normalized spacial score (nSPS) is 11.1. The standard InChI is InChI=1S/C17H14ClN5S/c1-23-9-8-19-17(23)16-20-14-7-6-11(10-15(14)21-16)24-22-13-5-3-2-4-12(13)18/h2-10,22H,1H3,(H,20,21). The number of imidazole rings is 2. The number of hydrogen-bond donors (Lipinski definition) is 2. The van der Waals surface area contributed by atoms with E-state index in [0.29, 0.717) is 5.02 Å². The van der Waals surface area contributed by atoms with Crippen molar-refractivity contribution in [1.82, 2.24) is 19.5 Å². The van der Waals surface area contributed by atoms with E-state index in [4.69, 9.17) is 11.6 Å². The summed E-state index contributed by atoms with van der Waals surface area (Å²) in [6, 6.07) is 13.8. The van der Waals surface area contributed by atoms with E-state index >= 15 is 0 Å². The van der Waals surface area contributed by atoms with Gasteiger partial charge < -0.3 is 14.3 Å². The first-order valence-corrected chi connectivity index (χ1v) is 8.55. The number of hydrogen-bond acceptors (Lipinski definition) is 4. The summed E-state index contributed by atoms with van der Waals surface area (Å²) >= 11 is 7.67. The van der Waals surface area contributed by atoms with Gasteiger partial charge in [-0.3, -0.25) is 0 Å². The number of nitrogens with zero attached hydrogens (tertiary/aromatic N) is 3. The van der Waals surface area contributed by atoms with Crippen molar-refractivity contribution < 1.29 is 0 Å². The van der Waals surface area contributed by atoms with Gasteiger partial charge in [0, 0.05) is 24.3 Å². The smallest absolute Gasteiger partial charge is 0.175 e. The van der Waals surface area contributed by atoms with Crippen molar-refractivity contribution in [2.24, 2.45) is 7.05 Å². The van der Waals surface area contributed by atoms with Gasteiger partial charge in [-0.25, -0.2) is 9.97 Å². The Morgan fingerprint density at radius 3 is 2.88 bits per heavy atom. The zero-order valence-corrected chi connectivity index (χ0v) is 14.4. The monoisotopic (exact) mass is 355 g/mol. The lowest BCUT2D eigenvalue weighted by atomic mass is 10.3. The van der Waals surface area contributed by atoms with E-state index in [1.807, 2.05) is 54.2 Å². The summed E-state index contributed by atoms with van der Waals surface area (Å²) in [7, 11) is 1.95. The maximum atomic E-state index is 6.16. The molecular weight excluding hydrogens is 342 g/mol. The van der Waals surface area contributed by atoms with Crippen molar-refractivity contribution in [3.63, 3.8) is 0 Å². The lowest BCUT2D eigenvalue weighted by Crippen LogP contribution is -1.92. The molecule has 0 aliphatic heterocycles. The predicted octanol–water partition coefficient (Wildman–Crippen LogP) is 4.74. The van der Waals surface area contributed by atoms with Gasteiger partial charge in [0.05, 0.1) is 21.7 Å². The van der Waals surface area contributed by atoms with Crippen LogP contribution < -0.4 is 4.72 Å². The summed E-state index contributed by atoms with van der Waals surface area (Å²) in [5.74, 6) is 1.58. The Kier molecular flexibility index (Phi) is 3.92. The molecule has 2 aromatic heterocycles. The number of rotatable bonds is 4. The summed E-state index contributed by atoms with van der Waals surface area (Å²) in [5.41, 5.74) is 2.77. The fourth-order valence-corrected chi connectivity index (χ4v) is 3.37. The predicted molar refractivity (Wildman–Crippen MR) is 99.2 cm³/mol. The third kappa shape index (κ3) is 2.86. The van der Waals surface area contributed by atoms with E-state index in [1.165, 1.54) is 11.9 Å². The molecule has 4 rings (SSSR count). The first-order valence-electron chi connectivity index (χ1n) is 7.35. The number of para-hydroxylation sites is 1. The average Bonchev–Trinajstić information content (AvgIpc) is 3.19. The second-order valence-electron chi connectivity index (χ2n) is 5.31. The molecule has 2 N–H and O–H groups in total. The van der Waals surface area contributed by atoms with Gasteiger partial charge in [-0.15, -0.1) is 0 Å². The minimum Gasteiger partial charge on any atom is -0.335 e. The van der Waals surface area contributed by atoms with Crippen LogP contribution in [0.4, 0.5) is 5.69 Å². The summed E-state index contributed by atoms with van der Waals surface area (Å²) in [6.07, 6.45) is 3.66. The van der Waals surface area contributed by atoms with Gasteiger partial charge in [-0.2, -0.15) is 0 Å². The average molecular weight is 356 g/mol. The van der Waals surface area contributed by atoms with Crippen LogP contribution in [0.1, 0.15) is 0 Å². The summed E-state index contributed by atoms with van der Waals surface area (Å²) in [4.78, 5) is 13.3. The second kappa shape index (κ2) is 6.22.